The number of hydrogen-bond donors (Lipinski definition) is 1. The van der Waals surface area contributed by atoms with Crippen molar-refractivity contribution in [3.05, 3.63) is 64.1 Å². The van der Waals surface area contributed by atoms with E-state index in [1.807, 2.05) is 24.3 Å². The van der Waals surface area contributed by atoms with Crippen molar-refractivity contribution >= 4 is 10.9 Å². The van der Waals surface area contributed by atoms with Crippen LogP contribution in [-0.2, 0) is 0 Å². The molecule has 5 heteroatoms. The van der Waals surface area contributed by atoms with Crippen LogP contribution < -0.4 is 10.2 Å². The highest BCUT2D eigenvalue weighted by molar-refractivity contribution is 5.83. The molecule has 0 spiro atoms. The molecular weight excluding hydrogens is 343 g/mol. The number of aromatic amines is 1. The van der Waals surface area contributed by atoms with E-state index in [0.29, 0.717) is 23.4 Å². The molecule has 4 nitrogen and oxygen atoms in total. The van der Waals surface area contributed by atoms with Gasteiger partial charge in [-0.1, -0.05) is 19.9 Å². The summed E-state index contributed by atoms with van der Waals surface area (Å²) in [6.45, 7) is 9.52. The molecule has 0 bridgehead atoms. The Morgan fingerprint density at radius 2 is 1.78 bits per heavy atom. The number of benzene rings is 2. The molecule has 1 N–H and O–H groups in total. The lowest BCUT2D eigenvalue weighted by atomic mass is 10.0. The second-order valence-corrected chi connectivity index (χ2v) is 6.52. The van der Waals surface area contributed by atoms with Gasteiger partial charge >= 0.3 is 0 Å². The van der Waals surface area contributed by atoms with Gasteiger partial charge in [-0.15, -0.1) is 0 Å². The monoisotopic (exact) mass is 368 g/mol. The van der Waals surface area contributed by atoms with Gasteiger partial charge in [0.15, 0.2) is 5.43 Å². The summed E-state index contributed by atoms with van der Waals surface area (Å²) >= 11 is 0. The number of halogens is 1. The minimum Gasteiger partial charge on any atom is -0.492 e. The van der Waals surface area contributed by atoms with Gasteiger partial charge in [-0.05, 0) is 62.0 Å². The number of ether oxygens (including phenoxy) is 1. The first-order valence-corrected chi connectivity index (χ1v) is 9.31. The van der Waals surface area contributed by atoms with Gasteiger partial charge in [0.25, 0.3) is 0 Å². The normalized spacial score (nSPS) is 11.3. The van der Waals surface area contributed by atoms with Crippen molar-refractivity contribution < 1.29 is 9.13 Å². The Morgan fingerprint density at radius 3 is 2.44 bits per heavy atom. The first-order valence-electron chi connectivity index (χ1n) is 9.31. The first kappa shape index (κ1) is 19.1. The van der Waals surface area contributed by atoms with Crippen molar-refractivity contribution in [2.75, 3.05) is 26.2 Å². The Hall–Kier alpha value is -2.66. The number of nitrogens with one attached hydrogen (secondary N) is 1. The summed E-state index contributed by atoms with van der Waals surface area (Å²) in [6, 6.07) is 12.2. The van der Waals surface area contributed by atoms with Crippen LogP contribution in [0.1, 0.15) is 19.4 Å². The number of aromatic nitrogens is 1. The molecule has 0 amide bonds. The van der Waals surface area contributed by atoms with Gasteiger partial charge in [0.2, 0.25) is 0 Å². The molecule has 1 heterocycles. The van der Waals surface area contributed by atoms with Crippen molar-refractivity contribution in [2.45, 2.75) is 20.8 Å². The lowest BCUT2D eigenvalue weighted by molar-refractivity contribution is 0.223. The van der Waals surface area contributed by atoms with Gasteiger partial charge in [-0.25, -0.2) is 4.39 Å². The highest BCUT2D eigenvalue weighted by Gasteiger charge is 2.13. The van der Waals surface area contributed by atoms with Crippen LogP contribution in [0.3, 0.4) is 0 Å². The van der Waals surface area contributed by atoms with E-state index in [1.54, 1.807) is 19.1 Å². The van der Waals surface area contributed by atoms with Crippen molar-refractivity contribution in [1.29, 1.82) is 0 Å². The summed E-state index contributed by atoms with van der Waals surface area (Å²) in [5, 5.41) is 0.107. The minimum absolute atomic E-state index is 0.107. The van der Waals surface area contributed by atoms with Gasteiger partial charge in [-0.3, -0.25) is 4.79 Å². The van der Waals surface area contributed by atoms with Crippen LogP contribution >= 0.6 is 0 Å². The fourth-order valence-corrected chi connectivity index (χ4v) is 3.23. The molecule has 27 heavy (non-hydrogen) atoms. The van der Waals surface area contributed by atoms with E-state index >= 15 is 0 Å². The van der Waals surface area contributed by atoms with Gasteiger partial charge < -0.3 is 14.6 Å². The van der Waals surface area contributed by atoms with Crippen molar-refractivity contribution in [1.82, 2.24) is 9.88 Å². The van der Waals surface area contributed by atoms with Crippen LogP contribution in [0.4, 0.5) is 4.39 Å². The molecule has 0 unspecified atom stereocenters. The quantitative estimate of drug-likeness (QED) is 0.674. The van der Waals surface area contributed by atoms with Crippen LogP contribution in [0.25, 0.3) is 22.2 Å². The number of rotatable bonds is 7. The van der Waals surface area contributed by atoms with Crippen molar-refractivity contribution in [2.24, 2.45) is 0 Å². The van der Waals surface area contributed by atoms with E-state index in [4.69, 9.17) is 4.74 Å². The van der Waals surface area contributed by atoms with Gasteiger partial charge in [0.1, 0.15) is 18.2 Å². The minimum atomic E-state index is -0.500. The highest BCUT2D eigenvalue weighted by Crippen LogP contribution is 2.25. The average molecular weight is 368 g/mol. The Labute approximate surface area is 158 Å². The smallest absolute Gasteiger partial charge is 0.195 e. The number of hydrogen-bond acceptors (Lipinski definition) is 3. The third-order valence-electron chi connectivity index (χ3n) is 4.93. The molecule has 1 aromatic heterocycles. The molecule has 0 saturated heterocycles. The largest absolute Gasteiger partial charge is 0.492 e. The van der Waals surface area contributed by atoms with Crippen molar-refractivity contribution in [3.8, 4) is 17.0 Å². The van der Waals surface area contributed by atoms with E-state index in [1.165, 1.54) is 6.07 Å². The fraction of sp³-hybridized carbons (Fsp3) is 0.318. The summed E-state index contributed by atoms with van der Waals surface area (Å²) in [5.74, 6) is 0.290. The van der Waals surface area contributed by atoms with E-state index < -0.39 is 5.82 Å². The molecule has 0 saturated carbocycles. The molecule has 0 aliphatic heterocycles. The van der Waals surface area contributed by atoms with Crippen LogP contribution in [0.5, 0.6) is 5.75 Å². The molecule has 0 aliphatic rings. The Balaban J connectivity index is 1.83. The molecule has 2 aromatic carbocycles. The lowest BCUT2D eigenvalue weighted by Gasteiger charge is -2.18. The van der Waals surface area contributed by atoms with Gasteiger partial charge in [0.05, 0.1) is 16.6 Å². The van der Waals surface area contributed by atoms with Crippen LogP contribution in [0.15, 0.2) is 47.3 Å². The Morgan fingerprint density at radius 1 is 1.07 bits per heavy atom. The second-order valence-electron chi connectivity index (χ2n) is 6.52. The maximum absolute atomic E-state index is 14.0. The average Bonchev–Trinajstić information content (AvgIpc) is 2.68. The Bertz CT molecular complexity index is 976. The summed E-state index contributed by atoms with van der Waals surface area (Å²) < 4.78 is 19.8. The third-order valence-corrected chi connectivity index (χ3v) is 4.93. The molecule has 0 radical (unpaired) electrons. The van der Waals surface area contributed by atoms with E-state index in [2.05, 4.69) is 23.7 Å². The van der Waals surface area contributed by atoms with Gasteiger partial charge in [0, 0.05) is 12.1 Å². The molecule has 142 valence electrons. The Kier molecular flexibility index (Phi) is 5.91. The molecule has 0 atom stereocenters. The van der Waals surface area contributed by atoms with Crippen LogP contribution in [0, 0.1) is 12.7 Å². The van der Waals surface area contributed by atoms with Crippen molar-refractivity contribution in [3.63, 3.8) is 0 Å². The molecule has 3 rings (SSSR count). The highest BCUT2D eigenvalue weighted by atomic mass is 19.1. The summed E-state index contributed by atoms with van der Waals surface area (Å²) in [7, 11) is 0. The zero-order valence-electron chi connectivity index (χ0n) is 16.0. The third kappa shape index (κ3) is 4.03. The summed E-state index contributed by atoms with van der Waals surface area (Å²) in [6.07, 6.45) is 0. The predicted molar refractivity (Wildman–Crippen MR) is 108 cm³/mol. The number of likely N-dealkylation sites (N-methyl/N-ethyl adjacent to an activating group) is 1. The van der Waals surface area contributed by atoms with Crippen LogP contribution in [0.2, 0.25) is 0 Å². The first-order chi connectivity index (χ1) is 13.0. The lowest BCUT2D eigenvalue weighted by Crippen LogP contribution is -2.27. The standard InChI is InChI=1S/C22H25FN2O2/c1-4-25(5-2)13-14-27-17-11-9-16(10-12-17)21-15(3)22(26)20-18(23)7-6-8-19(20)24-21/h6-12H,4-5,13-14H2,1-3H3,(H,24,26). The molecule has 3 aromatic rings. The maximum atomic E-state index is 14.0. The maximum Gasteiger partial charge on any atom is 0.195 e. The topological polar surface area (TPSA) is 45.3 Å². The SMILES string of the molecule is CCN(CC)CCOc1ccc(-c2[nH]c3cccc(F)c3c(=O)c2C)cc1. The zero-order valence-corrected chi connectivity index (χ0v) is 16.0. The number of nitrogens with zero attached hydrogens (tertiary/aromatic N) is 1. The second kappa shape index (κ2) is 8.35. The zero-order chi connectivity index (χ0) is 19.4. The predicted octanol–water partition coefficient (Wildman–Crippen LogP) is 4.36. The number of fused-ring (bicyclic) bond motifs is 1. The summed E-state index contributed by atoms with van der Waals surface area (Å²) in [5.41, 5.74) is 2.29. The summed E-state index contributed by atoms with van der Waals surface area (Å²) in [4.78, 5) is 18.1. The van der Waals surface area contributed by atoms with Gasteiger partial charge in [-0.2, -0.15) is 0 Å². The van der Waals surface area contributed by atoms with E-state index in [9.17, 15) is 9.18 Å². The van der Waals surface area contributed by atoms with E-state index in [-0.39, 0.29) is 10.8 Å². The fourth-order valence-electron chi connectivity index (χ4n) is 3.23. The van der Waals surface area contributed by atoms with Crippen LogP contribution in [-0.4, -0.2) is 36.1 Å². The molecule has 0 fully saturated rings. The number of H-pyrrole nitrogens is 1. The molecular formula is C22H25FN2O2. The number of pyridine rings is 1. The van der Waals surface area contributed by atoms with E-state index in [0.717, 1.165) is 30.9 Å². The molecule has 0 aliphatic carbocycles.